The lowest BCUT2D eigenvalue weighted by molar-refractivity contribution is -0.104. The maximum atomic E-state index is 12.4. The second-order valence-corrected chi connectivity index (χ2v) is 5.83. The maximum absolute atomic E-state index is 12.4. The van der Waals surface area contributed by atoms with Gasteiger partial charge in [-0.1, -0.05) is 36.4 Å². The first-order chi connectivity index (χ1) is 9.14. The van der Waals surface area contributed by atoms with Gasteiger partial charge in [-0.15, -0.1) is 0 Å². The van der Waals surface area contributed by atoms with Gasteiger partial charge in [-0.2, -0.15) is 0 Å². The van der Waals surface area contributed by atoms with Crippen molar-refractivity contribution in [2.24, 2.45) is 0 Å². The summed E-state index contributed by atoms with van der Waals surface area (Å²) in [7, 11) is -3.51. The Kier molecular flexibility index (Phi) is 3.92. The third-order valence-electron chi connectivity index (χ3n) is 2.59. The number of carbonyl (C=O) groups is 1. The lowest BCUT2D eigenvalue weighted by atomic mass is 10.2. The van der Waals surface area contributed by atoms with Gasteiger partial charge in [0, 0.05) is 0 Å². The quantitative estimate of drug-likeness (QED) is 0.635. The largest absolute Gasteiger partial charge is 0.299 e. The fourth-order valence-corrected chi connectivity index (χ4v) is 3.01. The number of rotatable bonds is 4. The van der Waals surface area contributed by atoms with Crippen molar-refractivity contribution in [2.75, 3.05) is 0 Å². The fraction of sp³-hybridized carbons (Fsp3) is 0. The normalized spacial score (nSPS) is 11.6. The molecule has 0 aromatic heterocycles. The molecule has 0 atom stereocenters. The van der Waals surface area contributed by atoms with Crippen LogP contribution in [0.4, 0.5) is 0 Å². The topological polar surface area (TPSA) is 51.2 Å². The van der Waals surface area contributed by atoms with Crippen molar-refractivity contribution in [3.05, 3.63) is 66.2 Å². The molecular weight excluding hydrogens is 260 g/mol. The molecule has 0 N–H and O–H groups in total. The van der Waals surface area contributed by atoms with Gasteiger partial charge in [0.2, 0.25) is 9.84 Å². The van der Waals surface area contributed by atoms with Gasteiger partial charge in [0.25, 0.3) is 0 Å². The number of sulfone groups is 1. The number of hydrogen-bond acceptors (Lipinski definition) is 3. The van der Waals surface area contributed by atoms with Crippen LogP contribution in [0.1, 0.15) is 5.56 Å². The third kappa shape index (κ3) is 2.98. The number of allylic oxidation sites excluding steroid dienone is 1. The van der Waals surface area contributed by atoms with Crippen molar-refractivity contribution in [3.8, 4) is 0 Å². The summed E-state index contributed by atoms with van der Waals surface area (Å²) in [6, 6.07) is 14.7. The first kappa shape index (κ1) is 13.2. The summed E-state index contributed by atoms with van der Waals surface area (Å²) in [5.41, 5.74) is 0.670. The van der Waals surface area contributed by atoms with Crippen LogP contribution in [0.25, 0.3) is 6.08 Å². The van der Waals surface area contributed by atoms with Crippen LogP contribution in [0.3, 0.4) is 0 Å². The van der Waals surface area contributed by atoms with Gasteiger partial charge in [0.05, 0.1) is 9.79 Å². The second-order valence-electron chi connectivity index (χ2n) is 3.88. The van der Waals surface area contributed by atoms with Crippen LogP contribution in [0.15, 0.2) is 70.5 Å². The van der Waals surface area contributed by atoms with E-state index in [1.807, 2.05) is 0 Å². The van der Waals surface area contributed by atoms with Gasteiger partial charge in [-0.3, -0.25) is 4.79 Å². The predicted molar refractivity (Wildman–Crippen MR) is 73.4 cm³/mol. The Morgan fingerprint density at radius 2 is 1.53 bits per heavy atom. The molecule has 96 valence electrons. The van der Waals surface area contributed by atoms with Gasteiger partial charge in [-0.05, 0) is 35.9 Å². The first-order valence-electron chi connectivity index (χ1n) is 5.66. The molecule has 2 aromatic carbocycles. The maximum Gasteiger partial charge on any atom is 0.206 e. The van der Waals surface area contributed by atoms with Gasteiger partial charge in [0.15, 0.2) is 0 Å². The molecule has 0 aliphatic heterocycles. The highest BCUT2D eigenvalue weighted by atomic mass is 32.2. The molecule has 0 aliphatic rings. The molecule has 2 rings (SSSR count). The summed E-state index contributed by atoms with van der Waals surface area (Å²) in [6.45, 7) is 0. The molecule has 4 heteroatoms. The number of benzene rings is 2. The molecular formula is C15H12O3S. The summed E-state index contributed by atoms with van der Waals surface area (Å²) in [5.74, 6) is 0. The van der Waals surface area contributed by atoms with Crippen LogP contribution >= 0.6 is 0 Å². The Morgan fingerprint density at radius 1 is 0.842 bits per heavy atom. The van der Waals surface area contributed by atoms with Crippen molar-refractivity contribution in [1.82, 2.24) is 0 Å². The summed E-state index contributed by atoms with van der Waals surface area (Å²) in [6.07, 6.45) is 3.55. The van der Waals surface area contributed by atoms with Crippen molar-refractivity contribution >= 4 is 22.2 Å². The third-order valence-corrected chi connectivity index (χ3v) is 4.36. The minimum Gasteiger partial charge on any atom is -0.299 e. The van der Waals surface area contributed by atoms with E-state index in [1.54, 1.807) is 60.7 Å². The molecule has 0 heterocycles. The molecule has 0 radical (unpaired) electrons. The monoisotopic (exact) mass is 272 g/mol. The zero-order valence-electron chi connectivity index (χ0n) is 10.1. The fourth-order valence-electron chi connectivity index (χ4n) is 1.67. The highest BCUT2D eigenvalue weighted by Crippen LogP contribution is 2.21. The van der Waals surface area contributed by atoms with Crippen molar-refractivity contribution in [2.45, 2.75) is 9.79 Å². The Bertz CT molecular complexity index is 701. The molecule has 2 aromatic rings. The van der Waals surface area contributed by atoms with E-state index >= 15 is 0 Å². The number of hydrogen-bond donors (Lipinski definition) is 0. The summed E-state index contributed by atoms with van der Waals surface area (Å²) >= 11 is 0. The van der Waals surface area contributed by atoms with Crippen LogP contribution in [0.5, 0.6) is 0 Å². The molecule has 19 heavy (non-hydrogen) atoms. The molecule has 0 bridgehead atoms. The van der Waals surface area contributed by atoms with Gasteiger partial charge >= 0.3 is 0 Å². The Morgan fingerprint density at radius 3 is 2.21 bits per heavy atom. The average molecular weight is 272 g/mol. The van der Waals surface area contributed by atoms with E-state index in [0.29, 0.717) is 11.8 Å². The van der Waals surface area contributed by atoms with E-state index in [-0.39, 0.29) is 9.79 Å². The zero-order chi connectivity index (χ0) is 13.7. The van der Waals surface area contributed by atoms with Crippen LogP contribution in [0.2, 0.25) is 0 Å². The predicted octanol–water partition coefficient (Wildman–Crippen LogP) is 2.73. The van der Waals surface area contributed by atoms with Gasteiger partial charge in [0.1, 0.15) is 6.29 Å². The SMILES string of the molecule is O=C/C=C/c1cccc(S(=O)(=O)c2ccccc2)c1. The minimum atomic E-state index is -3.51. The summed E-state index contributed by atoms with van der Waals surface area (Å²) in [5, 5.41) is 0. The molecule has 0 amide bonds. The molecule has 3 nitrogen and oxygen atoms in total. The van der Waals surface area contributed by atoms with Gasteiger partial charge in [-0.25, -0.2) is 8.42 Å². The Hall–Kier alpha value is -2.20. The Labute approximate surface area is 112 Å². The number of aldehydes is 1. The standard InChI is InChI=1S/C15H12O3S/c16-11-5-7-13-6-4-10-15(12-13)19(17,18)14-8-2-1-3-9-14/h1-12H/b7-5+. The summed E-state index contributed by atoms with van der Waals surface area (Å²) in [4.78, 5) is 10.7. The van der Waals surface area contributed by atoms with E-state index in [9.17, 15) is 13.2 Å². The second kappa shape index (κ2) is 5.63. The van der Waals surface area contributed by atoms with E-state index in [4.69, 9.17) is 0 Å². The number of carbonyl (C=O) groups excluding carboxylic acids is 1. The molecule has 0 saturated heterocycles. The first-order valence-corrected chi connectivity index (χ1v) is 7.15. The zero-order valence-corrected chi connectivity index (χ0v) is 10.9. The van der Waals surface area contributed by atoms with Crippen molar-refractivity contribution in [3.63, 3.8) is 0 Å². The minimum absolute atomic E-state index is 0.215. The lowest BCUT2D eigenvalue weighted by Crippen LogP contribution is -2.01. The van der Waals surface area contributed by atoms with Crippen molar-refractivity contribution in [1.29, 1.82) is 0 Å². The van der Waals surface area contributed by atoms with E-state index < -0.39 is 9.84 Å². The van der Waals surface area contributed by atoms with Crippen LogP contribution < -0.4 is 0 Å². The van der Waals surface area contributed by atoms with Gasteiger partial charge < -0.3 is 0 Å². The molecule has 0 aliphatic carbocycles. The molecule has 0 spiro atoms. The van der Waals surface area contributed by atoms with Crippen LogP contribution in [-0.2, 0) is 14.6 Å². The smallest absolute Gasteiger partial charge is 0.206 e. The molecule has 0 fully saturated rings. The highest BCUT2D eigenvalue weighted by Gasteiger charge is 2.16. The lowest BCUT2D eigenvalue weighted by Gasteiger charge is -2.05. The average Bonchev–Trinajstić information content (AvgIpc) is 2.46. The summed E-state index contributed by atoms with van der Waals surface area (Å²) < 4.78 is 24.7. The highest BCUT2D eigenvalue weighted by molar-refractivity contribution is 7.91. The molecule has 0 saturated carbocycles. The van der Waals surface area contributed by atoms with Crippen LogP contribution in [-0.4, -0.2) is 14.7 Å². The van der Waals surface area contributed by atoms with E-state index in [0.717, 1.165) is 0 Å². The van der Waals surface area contributed by atoms with E-state index in [2.05, 4.69) is 0 Å². The Balaban J connectivity index is 2.47. The van der Waals surface area contributed by atoms with E-state index in [1.165, 1.54) is 6.08 Å². The molecule has 0 unspecified atom stereocenters. The van der Waals surface area contributed by atoms with Crippen molar-refractivity contribution < 1.29 is 13.2 Å². The van der Waals surface area contributed by atoms with Crippen LogP contribution in [0, 0.1) is 0 Å².